The minimum atomic E-state index is -0.811. The minimum absolute atomic E-state index is 0. The van der Waals surface area contributed by atoms with E-state index < -0.39 is 43.5 Å². The number of hydrogen-bond donors (Lipinski definition) is 4. The highest BCUT2D eigenvalue weighted by Gasteiger charge is 2.63. The van der Waals surface area contributed by atoms with Crippen LogP contribution in [-0.2, 0) is 41.0 Å². The van der Waals surface area contributed by atoms with Gasteiger partial charge in [0, 0.05) is 39.7 Å². The maximum absolute atomic E-state index is 13.1. The fourth-order valence-electron chi connectivity index (χ4n) is 8.31. The van der Waals surface area contributed by atoms with Crippen LogP contribution in [0, 0.1) is 0 Å². The highest BCUT2D eigenvalue weighted by Crippen LogP contribution is 2.43. The molecule has 4 N–H and O–H groups in total. The standard InChI is InChI=1S/C25H32BN3O4.C19H20BrN3O2.C12H24B2O4.CH4/c1-23(2,31)15-16-29-20-10-8-7-9-19(20)21(28-29)22(30)27-18-13-11-17(12-14-18)26-32-24(3,4)25(5,6)33-26;1-19(2,25)11-12-23-16-6-4-3-5-15(16)17(22-23)18(24)21-14-9-7-13(20)8-10-14;1-9(2)10(3,4)16-13(15-9)14-17-11(5,6)12(7,8)18-14;/h7-14,31H,15-16H2,1-6H3,(H,27,30);3-10,25H,11-12H2,1-2H3,(H,21,24);1-8H3;1H4. The van der Waals surface area contributed by atoms with Gasteiger partial charge in [0.25, 0.3) is 11.8 Å². The quantitative estimate of drug-likeness (QED) is 0.0850. The molecule has 3 saturated heterocycles. The first-order valence-electron chi connectivity index (χ1n) is 26.0. The number of carbonyl (C=O) groups excluding carboxylic acids is 2. The summed E-state index contributed by atoms with van der Waals surface area (Å²) in [6.07, 6.45) is 1.08. The maximum atomic E-state index is 13.1. The van der Waals surface area contributed by atoms with Crippen molar-refractivity contribution < 1.29 is 47.7 Å². The highest BCUT2D eigenvalue weighted by atomic mass is 79.9. The van der Waals surface area contributed by atoms with E-state index in [1.807, 2.05) is 180 Å². The Kier molecular flexibility index (Phi) is 18.1. The van der Waals surface area contributed by atoms with Crippen LogP contribution in [0.15, 0.2) is 102 Å². The van der Waals surface area contributed by atoms with Gasteiger partial charge in [-0.25, -0.2) is 0 Å². The predicted octanol–water partition coefficient (Wildman–Crippen LogP) is 10.8. The van der Waals surface area contributed by atoms with Gasteiger partial charge in [-0.15, -0.1) is 0 Å². The Morgan fingerprint density at radius 3 is 1.17 bits per heavy atom. The van der Waals surface area contributed by atoms with Gasteiger partial charge in [-0.05, 0) is 178 Å². The highest BCUT2D eigenvalue weighted by molar-refractivity contribution is 9.10. The summed E-state index contributed by atoms with van der Waals surface area (Å²) in [5, 5.41) is 36.5. The van der Waals surface area contributed by atoms with E-state index in [4.69, 9.17) is 27.9 Å². The first kappa shape index (κ1) is 61.3. The SMILES string of the molecule is C.CC(C)(O)CCn1nc(C(=O)Nc2ccc(B3OC(C)(C)C(C)(C)O3)cc2)c2ccccc21.CC(C)(O)CCn1nc(C(=O)Nc2ccc(Br)cc2)c2ccccc21.CC1(C)OB(B2OC(C)(C)C(C)(C)O2)OC1(C)C. The monoisotopic (exact) mass is 1120 g/mol. The fraction of sp³-hybridized carbons (Fsp3) is 0.509. The number of benzene rings is 4. The molecule has 77 heavy (non-hydrogen) atoms. The van der Waals surface area contributed by atoms with Crippen molar-refractivity contribution in [2.45, 2.75) is 189 Å². The number of anilines is 2. The molecular formula is C57H80B3BrN6O10. The van der Waals surface area contributed by atoms with E-state index in [0.29, 0.717) is 48.7 Å². The van der Waals surface area contributed by atoms with Gasteiger partial charge in [0.2, 0.25) is 0 Å². The van der Waals surface area contributed by atoms with Crippen molar-refractivity contribution in [3.63, 3.8) is 0 Å². The summed E-state index contributed by atoms with van der Waals surface area (Å²) in [6, 6.07) is 30.1. The Hall–Kier alpha value is -4.89. The van der Waals surface area contributed by atoms with Crippen LogP contribution < -0.4 is 16.1 Å². The summed E-state index contributed by atoms with van der Waals surface area (Å²) in [4.78, 5) is 25.7. The molecule has 3 fully saturated rings. The van der Waals surface area contributed by atoms with Crippen LogP contribution >= 0.6 is 15.9 Å². The first-order valence-corrected chi connectivity index (χ1v) is 26.8. The second-order valence-corrected chi connectivity index (χ2v) is 25.1. The number of rotatable bonds is 12. The molecule has 2 aromatic heterocycles. The molecule has 3 aliphatic rings. The number of nitrogens with zero attached hydrogens (tertiary/aromatic N) is 4. The van der Waals surface area contributed by atoms with Gasteiger partial charge >= 0.3 is 21.1 Å². The summed E-state index contributed by atoms with van der Waals surface area (Å²) in [6.45, 7) is 32.4. The number of hydrogen-bond acceptors (Lipinski definition) is 12. The minimum Gasteiger partial charge on any atom is -0.405 e. The molecule has 9 rings (SSSR count). The zero-order valence-corrected chi connectivity index (χ0v) is 48.7. The van der Waals surface area contributed by atoms with Gasteiger partial charge in [0.1, 0.15) is 0 Å². The number of aromatic nitrogens is 4. The molecule has 0 atom stereocenters. The normalized spacial score (nSPS) is 18.8. The molecule has 0 aliphatic carbocycles. The molecule has 0 radical (unpaired) electrons. The average Bonchev–Trinajstić information content (AvgIpc) is 4.05. The summed E-state index contributed by atoms with van der Waals surface area (Å²) < 4.78 is 40.6. The number of amides is 2. The molecule has 5 heterocycles. The van der Waals surface area contributed by atoms with E-state index in [2.05, 4.69) is 36.8 Å². The van der Waals surface area contributed by atoms with Crippen LogP contribution in [0.3, 0.4) is 0 Å². The van der Waals surface area contributed by atoms with Crippen molar-refractivity contribution in [3.8, 4) is 0 Å². The Bertz CT molecular complexity index is 2930. The Morgan fingerprint density at radius 1 is 0.519 bits per heavy atom. The van der Waals surface area contributed by atoms with Gasteiger partial charge < -0.3 is 48.8 Å². The van der Waals surface area contributed by atoms with Crippen LogP contribution in [0.1, 0.15) is 152 Å². The summed E-state index contributed by atoms with van der Waals surface area (Å²) >= 11 is 3.38. The number of aliphatic hydroxyl groups is 2. The van der Waals surface area contributed by atoms with Crippen molar-refractivity contribution in [3.05, 3.63) is 113 Å². The second-order valence-electron chi connectivity index (χ2n) is 24.2. The van der Waals surface area contributed by atoms with E-state index in [1.54, 1.807) is 37.1 Å². The molecule has 0 saturated carbocycles. The van der Waals surface area contributed by atoms with E-state index in [9.17, 15) is 19.8 Å². The molecule has 16 nitrogen and oxygen atoms in total. The summed E-state index contributed by atoms with van der Waals surface area (Å²) in [7, 11) is -1.40. The molecule has 20 heteroatoms. The molecule has 3 aliphatic heterocycles. The lowest BCUT2D eigenvalue weighted by Gasteiger charge is -2.32. The van der Waals surface area contributed by atoms with Crippen molar-refractivity contribution in [1.82, 2.24) is 19.6 Å². The van der Waals surface area contributed by atoms with Crippen LogP contribution in [0.4, 0.5) is 11.4 Å². The average molecular weight is 1120 g/mol. The third-order valence-corrected chi connectivity index (χ3v) is 15.7. The number of para-hydroxylation sites is 2. The fourth-order valence-corrected chi connectivity index (χ4v) is 8.57. The third-order valence-electron chi connectivity index (χ3n) is 15.2. The number of aryl methyl sites for hydroxylation is 2. The van der Waals surface area contributed by atoms with Crippen molar-refractivity contribution in [2.24, 2.45) is 0 Å². The van der Waals surface area contributed by atoms with Crippen molar-refractivity contribution >= 4 is 87.5 Å². The molecule has 0 unspecified atom stereocenters. The lowest BCUT2D eigenvalue weighted by atomic mass is 9.49. The van der Waals surface area contributed by atoms with Crippen LogP contribution in [0.25, 0.3) is 21.8 Å². The van der Waals surface area contributed by atoms with E-state index in [-0.39, 0.29) is 41.6 Å². The first-order chi connectivity index (χ1) is 35.1. The third kappa shape index (κ3) is 14.3. The van der Waals surface area contributed by atoms with Gasteiger partial charge in [-0.3, -0.25) is 19.0 Å². The lowest BCUT2D eigenvalue weighted by molar-refractivity contribution is 0.00578. The number of nitrogens with one attached hydrogen (secondary N) is 2. The zero-order valence-electron chi connectivity index (χ0n) is 47.1. The van der Waals surface area contributed by atoms with E-state index in [1.165, 1.54) is 0 Å². The predicted molar refractivity (Wildman–Crippen MR) is 312 cm³/mol. The Balaban J connectivity index is 0.000000194. The van der Waals surface area contributed by atoms with Crippen molar-refractivity contribution in [2.75, 3.05) is 10.6 Å². The largest absolute Gasteiger partial charge is 0.494 e. The van der Waals surface area contributed by atoms with Crippen LogP contribution in [-0.4, -0.2) is 108 Å². The molecule has 6 aromatic rings. The van der Waals surface area contributed by atoms with Gasteiger partial charge in [0.15, 0.2) is 11.4 Å². The van der Waals surface area contributed by atoms with Crippen LogP contribution in [0.2, 0.25) is 0 Å². The molecule has 414 valence electrons. The van der Waals surface area contributed by atoms with Gasteiger partial charge in [-0.1, -0.05) is 71.9 Å². The number of halogens is 1. The molecule has 2 amide bonds. The van der Waals surface area contributed by atoms with E-state index in [0.717, 1.165) is 31.7 Å². The maximum Gasteiger partial charge on any atom is 0.494 e. The number of fused-ring (bicyclic) bond motifs is 2. The lowest BCUT2D eigenvalue weighted by Crippen LogP contribution is -2.41. The molecule has 0 spiro atoms. The van der Waals surface area contributed by atoms with Gasteiger partial charge in [-0.2, -0.15) is 10.2 Å². The van der Waals surface area contributed by atoms with Crippen LogP contribution in [0.5, 0.6) is 0 Å². The molecular weight excluding hydrogens is 1040 g/mol. The topological polar surface area (TPSA) is 190 Å². The zero-order chi connectivity index (χ0) is 56.0. The second kappa shape index (κ2) is 22.7. The summed E-state index contributed by atoms with van der Waals surface area (Å²) in [5.41, 5.74) is 0.908. The summed E-state index contributed by atoms with van der Waals surface area (Å²) in [5.74, 6) is -0.530. The van der Waals surface area contributed by atoms with E-state index >= 15 is 0 Å². The smallest absolute Gasteiger partial charge is 0.405 e. The van der Waals surface area contributed by atoms with Crippen molar-refractivity contribution in [1.29, 1.82) is 0 Å². The Labute approximate surface area is 465 Å². The number of carbonyl (C=O) groups is 2. The van der Waals surface area contributed by atoms with Gasteiger partial charge in [0.05, 0.1) is 55.8 Å². The molecule has 0 bridgehead atoms. The Morgan fingerprint density at radius 2 is 0.831 bits per heavy atom. The molecule has 4 aromatic carbocycles.